The maximum Gasteiger partial charge on any atom is 0.267 e. The molecule has 0 aliphatic carbocycles. The summed E-state index contributed by atoms with van der Waals surface area (Å²) in [4.78, 5) is 43.5. The second-order valence-electron chi connectivity index (χ2n) is 9.18. The summed E-state index contributed by atoms with van der Waals surface area (Å²) in [6.45, 7) is 6.62. The van der Waals surface area contributed by atoms with Crippen LogP contribution in [0.1, 0.15) is 50.7 Å². The van der Waals surface area contributed by atoms with E-state index in [0.717, 1.165) is 31.2 Å². The van der Waals surface area contributed by atoms with E-state index in [4.69, 9.17) is 12.2 Å². The minimum absolute atomic E-state index is 0.150. The van der Waals surface area contributed by atoms with Crippen molar-refractivity contribution in [1.82, 2.24) is 4.90 Å². The van der Waals surface area contributed by atoms with Crippen molar-refractivity contribution in [2.24, 2.45) is 5.92 Å². The molecule has 1 unspecified atom stereocenters. The highest BCUT2D eigenvalue weighted by molar-refractivity contribution is 8.26. The molecular weight excluding hydrogens is 490 g/mol. The number of nitrogens with zero attached hydrogens (tertiary/aromatic N) is 2. The lowest BCUT2D eigenvalue weighted by Gasteiger charge is -2.21. The minimum Gasteiger partial charge on any atom is -0.324 e. The van der Waals surface area contributed by atoms with Gasteiger partial charge in [0.1, 0.15) is 10.9 Å². The summed E-state index contributed by atoms with van der Waals surface area (Å²) in [6, 6.07) is 14.8. The average molecular weight is 522 g/mol. The molecule has 0 bridgehead atoms. The van der Waals surface area contributed by atoms with E-state index < -0.39 is 0 Å². The smallest absolute Gasteiger partial charge is 0.267 e. The summed E-state index contributed by atoms with van der Waals surface area (Å²) in [5.74, 6) is -0.507. The predicted octanol–water partition coefficient (Wildman–Crippen LogP) is 5.77. The first-order chi connectivity index (χ1) is 17.3. The van der Waals surface area contributed by atoms with Crippen LogP contribution in [0.4, 0.5) is 11.4 Å². The maximum absolute atomic E-state index is 13.6. The number of rotatable bonds is 9. The standard InChI is InChI=1S/C28H31N3O3S2/c1-4-6-12-19(5-2)16-31-27(34)25(36-28(31)35)24-20-13-8-10-15-22(20)30(26(24)33)17-23(32)29-21-14-9-7-11-18(21)3/h7-11,13-15,19H,4-6,12,16-17H2,1-3H3,(H,29,32). The van der Waals surface area contributed by atoms with Crippen LogP contribution < -0.4 is 10.2 Å². The van der Waals surface area contributed by atoms with Gasteiger partial charge in [0.05, 0.1) is 16.2 Å². The first-order valence-corrected chi connectivity index (χ1v) is 13.6. The Labute approximate surface area is 222 Å². The largest absolute Gasteiger partial charge is 0.324 e. The number of carbonyl (C=O) groups excluding carboxylic acids is 3. The van der Waals surface area contributed by atoms with Gasteiger partial charge in [-0.3, -0.25) is 24.2 Å². The molecule has 2 heterocycles. The second kappa shape index (κ2) is 11.4. The first-order valence-electron chi connectivity index (χ1n) is 12.4. The number of anilines is 2. The molecule has 4 rings (SSSR count). The van der Waals surface area contributed by atoms with Gasteiger partial charge in [-0.25, -0.2) is 0 Å². The van der Waals surface area contributed by atoms with Gasteiger partial charge in [0, 0.05) is 17.8 Å². The van der Waals surface area contributed by atoms with E-state index >= 15 is 0 Å². The Morgan fingerprint density at radius 1 is 1.03 bits per heavy atom. The lowest BCUT2D eigenvalue weighted by molar-refractivity contribution is -0.123. The Kier molecular flexibility index (Phi) is 8.26. The molecule has 0 aromatic heterocycles. The van der Waals surface area contributed by atoms with Crippen molar-refractivity contribution >= 4 is 63.0 Å². The van der Waals surface area contributed by atoms with Crippen molar-refractivity contribution in [2.45, 2.75) is 46.5 Å². The Morgan fingerprint density at radius 3 is 2.47 bits per heavy atom. The highest BCUT2D eigenvalue weighted by Crippen LogP contribution is 2.44. The van der Waals surface area contributed by atoms with Crippen LogP contribution in [0.25, 0.3) is 5.57 Å². The quantitative estimate of drug-likeness (QED) is 0.335. The number of para-hydroxylation sites is 2. The molecular formula is C28H31N3O3S2. The number of unbranched alkanes of at least 4 members (excludes halogenated alkanes) is 1. The maximum atomic E-state index is 13.6. The van der Waals surface area contributed by atoms with Crippen LogP contribution in [-0.2, 0) is 14.4 Å². The van der Waals surface area contributed by atoms with Crippen molar-refractivity contribution in [3.05, 3.63) is 64.6 Å². The van der Waals surface area contributed by atoms with Gasteiger partial charge in [0.2, 0.25) is 5.91 Å². The molecule has 2 aliphatic heterocycles. The topological polar surface area (TPSA) is 69.7 Å². The number of thioether (sulfide) groups is 1. The lowest BCUT2D eigenvalue weighted by Crippen LogP contribution is -2.36. The van der Waals surface area contributed by atoms with Crippen LogP contribution in [0, 0.1) is 12.8 Å². The summed E-state index contributed by atoms with van der Waals surface area (Å²) in [6.07, 6.45) is 4.23. The molecule has 8 heteroatoms. The van der Waals surface area contributed by atoms with E-state index in [1.54, 1.807) is 11.0 Å². The van der Waals surface area contributed by atoms with Crippen molar-refractivity contribution < 1.29 is 14.4 Å². The number of hydrogen-bond acceptors (Lipinski definition) is 5. The lowest BCUT2D eigenvalue weighted by atomic mass is 9.98. The van der Waals surface area contributed by atoms with Crippen molar-refractivity contribution in [3.63, 3.8) is 0 Å². The molecule has 1 atom stereocenters. The Hall–Kier alpha value is -2.97. The number of fused-ring (bicyclic) bond motifs is 1. The predicted molar refractivity (Wildman–Crippen MR) is 151 cm³/mol. The molecule has 0 radical (unpaired) electrons. The molecule has 1 saturated heterocycles. The molecule has 1 fully saturated rings. The highest BCUT2D eigenvalue weighted by Gasteiger charge is 2.42. The van der Waals surface area contributed by atoms with E-state index in [1.165, 1.54) is 16.7 Å². The van der Waals surface area contributed by atoms with Crippen LogP contribution in [0.2, 0.25) is 0 Å². The number of aryl methyl sites for hydroxylation is 1. The molecule has 1 N–H and O–H groups in total. The van der Waals surface area contributed by atoms with Crippen LogP contribution in [0.3, 0.4) is 0 Å². The molecule has 2 aliphatic rings. The molecule has 2 aromatic rings. The van der Waals surface area contributed by atoms with E-state index in [1.807, 2.05) is 49.4 Å². The number of hydrogen-bond donors (Lipinski definition) is 1. The zero-order chi connectivity index (χ0) is 25.8. The Bertz CT molecular complexity index is 1240. The minimum atomic E-state index is -0.352. The van der Waals surface area contributed by atoms with Gasteiger partial charge in [-0.2, -0.15) is 0 Å². The molecule has 2 aromatic carbocycles. The van der Waals surface area contributed by atoms with E-state index in [2.05, 4.69) is 19.2 Å². The number of benzene rings is 2. The highest BCUT2D eigenvalue weighted by atomic mass is 32.2. The van der Waals surface area contributed by atoms with Gasteiger partial charge in [-0.1, -0.05) is 93.5 Å². The number of thiocarbonyl (C=S) groups is 1. The summed E-state index contributed by atoms with van der Waals surface area (Å²) in [5, 5.41) is 2.89. The fraction of sp³-hybridized carbons (Fsp3) is 0.357. The Morgan fingerprint density at radius 2 is 1.75 bits per heavy atom. The van der Waals surface area contributed by atoms with Gasteiger partial charge < -0.3 is 5.32 Å². The summed E-state index contributed by atoms with van der Waals surface area (Å²) in [7, 11) is 0. The second-order valence-corrected chi connectivity index (χ2v) is 10.8. The van der Waals surface area contributed by atoms with Crippen LogP contribution >= 0.6 is 24.0 Å². The third kappa shape index (κ3) is 5.25. The van der Waals surface area contributed by atoms with Crippen LogP contribution in [0.5, 0.6) is 0 Å². The van der Waals surface area contributed by atoms with E-state index in [0.29, 0.717) is 44.2 Å². The van der Waals surface area contributed by atoms with Gasteiger partial charge in [0.15, 0.2) is 0 Å². The molecule has 0 saturated carbocycles. The monoisotopic (exact) mass is 521 g/mol. The van der Waals surface area contributed by atoms with Gasteiger partial charge in [0.25, 0.3) is 11.8 Å². The fourth-order valence-corrected chi connectivity index (χ4v) is 5.93. The van der Waals surface area contributed by atoms with Crippen molar-refractivity contribution in [1.29, 1.82) is 0 Å². The van der Waals surface area contributed by atoms with Crippen molar-refractivity contribution in [2.75, 3.05) is 23.3 Å². The zero-order valence-electron chi connectivity index (χ0n) is 20.9. The van der Waals surface area contributed by atoms with E-state index in [9.17, 15) is 14.4 Å². The third-order valence-electron chi connectivity index (χ3n) is 6.70. The normalized spacial score (nSPS) is 18.1. The average Bonchev–Trinajstić information content (AvgIpc) is 3.30. The zero-order valence-corrected chi connectivity index (χ0v) is 22.5. The summed E-state index contributed by atoms with van der Waals surface area (Å²) >= 11 is 6.76. The first kappa shape index (κ1) is 26.1. The van der Waals surface area contributed by atoms with Crippen LogP contribution in [0.15, 0.2) is 53.4 Å². The molecule has 188 valence electrons. The Balaban J connectivity index is 1.60. The van der Waals surface area contributed by atoms with Gasteiger partial charge in [-0.15, -0.1) is 0 Å². The number of nitrogens with one attached hydrogen (secondary N) is 1. The van der Waals surface area contributed by atoms with Gasteiger partial charge >= 0.3 is 0 Å². The molecule has 0 spiro atoms. The van der Waals surface area contributed by atoms with E-state index in [-0.39, 0.29) is 24.3 Å². The molecule has 6 nitrogen and oxygen atoms in total. The summed E-state index contributed by atoms with van der Waals surface area (Å²) < 4.78 is 0.485. The number of carbonyl (C=O) groups is 3. The SMILES string of the molecule is CCCCC(CC)CN1C(=O)C(=C2C(=O)N(CC(=O)Nc3ccccc3C)c3ccccc32)SC1=S. The fourth-order valence-electron chi connectivity index (χ4n) is 4.59. The molecule has 3 amide bonds. The third-order valence-corrected chi connectivity index (χ3v) is 8.15. The summed E-state index contributed by atoms with van der Waals surface area (Å²) in [5.41, 5.74) is 3.25. The van der Waals surface area contributed by atoms with Crippen molar-refractivity contribution in [3.8, 4) is 0 Å². The number of amides is 3. The van der Waals surface area contributed by atoms with Crippen LogP contribution in [-0.4, -0.2) is 40.0 Å². The molecule has 36 heavy (non-hydrogen) atoms. The van der Waals surface area contributed by atoms with Gasteiger partial charge in [-0.05, 0) is 37.0 Å².